The normalized spacial score (nSPS) is 25.9. The van der Waals surface area contributed by atoms with E-state index < -0.39 is 47.9 Å². The number of carbonyl (C=O) groups excluding carboxylic acids is 3. The molecule has 2 fully saturated rings. The van der Waals surface area contributed by atoms with E-state index in [9.17, 15) is 14.4 Å². The summed E-state index contributed by atoms with van der Waals surface area (Å²) < 4.78 is 28.0. The van der Waals surface area contributed by atoms with Crippen molar-refractivity contribution < 1.29 is 38.1 Å². The van der Waals surface area contributed by atoms with Crippen molar-refractivity contribution in [3.05, 3.63) is 66.2 Å². The molecule has 2 aromatic rings. The molecule has 2 saturated heterocycles. The number of fused-ring (bicyclic) bond motifs is 1. The minimum Gasteiger partial charge on any atom is -0.456 e. The number of ether oxygens (including phenoxy) is 5. The van der Waals surface area contributed by atoms with Gasteiger partial charge in [0.25, 0.3) is 0 Å². The van der Waals surface area contributed by atoms with Crippen molar-refractivity contribution in [1.82, 2.24) is 4.90 Å². The highest BCUT2D eigenvalue weighted by atomic mass is 32.2. The first-order valence-electron chi connectivity index (χ1n) is 10.7. The van der Waals surface area contributed by atoms with Crippen LogP contribution in [0.3, 0.4) is 0 Å². The van der Waals surface area contributed by atoms with Crippen molar-refractivity contribution in [3.63, 3.8) is 0 Å². The average molecular weight is 488 g/mol. The number of nitrogens with zero attached hydrogens (tertiary/aromatic N) is 1. The van der Waals surface area contributed by atoms with E-state index in [0.717, 1.165) is 15.4 Å². The molecular formula is C24H25NO8S. The maximum atomic E-state index is 12.6. The van der Waals surface area contributed by atoms with Crippen LogP contribution in [-0.4, -0.2) is 66.6 Å². The van der Waals surface area contributed by atoms with E-state index in [1.54, 1.807) is 0 Å². The Morgan fingerprint density at radius 1 is 1.06 bits per heavy atom. The van der Waals surface area contributed by atoms with E-state index in [0.29, 0.717) is 6.61 Å². The van der Waals surface area contributed by atoms with E-state index >= 15 is 0 Å². The number of thioether (sulfide) groups is 1. The lowest BCUT2D eigenvalue weighted by Crippen LogP contribution is -2.61. The van der Waals surface area contributed by atoms with Crippen LogP contribution in [0.25, 0.3) is 0 Å². The van der Waals surface area contributed by atoms with Crippen LogP contribution in [-0.2, 0) is 35.1 Å². The van der Waals surface area contributed by atoms with Gasteiger partial charge in [0.1, 0.15) is 17.6 Å². The minimum atomic E-state index is -0.968. The van der Waals surface area contributed by atoms with Crippen molar-refractivity contribution in [2.45, 2.75) is 48.2 Å². The zero-order valence-electron chi connectivity index (χ0n) is 18.7. The molecule has 10 heteroatoms. The highest BCUT2D eigenvalue weighted by Gasteiger charge is 2.60. The number of imide groups is 1. The summed E-state index contributed by atoms with van der Waals surface area (Å²) in [4.78, 5) is 38.7. The Kier molecular flexibility index (Phi) is 7.71. The second-order valence-corrected chi connectivity index (χ2v) is 8.90. The molecule has 2 aliphatic heterocycles. The van der Waals surface area contributed by atoms with Gasteiger partial charge in [-0.15, -0.1) is 0 Å². The van der Waals surface area contributed by atoms with Crippen LogP contribution in [0.2, 0.25) is 0 Å². The number of methoxy groups -OCH3 is 1. The fourth-order valence-corrected chi connectivity index (χ4v) is 5.15. The molecule has 180 valence electrons. The first kappa shape index (κ1) is 24.1. The van der Waals surface area contributed by atoms with Gasteiger partial charge in [-0.05, 0) is 17.7 Å². The Bertz CT molecular complexity index is 1000. The quantitative estimate of drug-likeness (QED) is 0.428. The number of hydrogen-bond donors (Lipinski definition) is 0. The van der Waals surface area contributed by atoms with Gasteiger partial charge in [0.2, 0.25) is 0 Å². The zero-order valence-corrected chi connectivity index (χ0v) is 19.5. The zero-order chi connectivity index (χ0) is 24.1. The van der Waals surface area contributed by atoms with Crippen LogP contribution in [0.15, 0.2) is 65.6 Å². The lowest BCUT2D eigenvalue weighted by atomic mass is 9.97. The molecule has 0 N–H and O–H groups in total. The van der Waals surface area contributed by atoms with Crippen molar-refractivity contribution >= 4 is 29.9 Å². The van der Waals surface area contributed by atoms with Gasteiger partial charge < -0.3 is 23.7 Å². The van der Waals surface area contributed by atoms with E-state index in [4.69, 9.17) is 23.7 Å². The molecular weight excluding hydrogens is 462 g/mol. The molecule has 0 saturated carbocycles. The summed E-state index contributed by atoms with van der Waals surface area (Å²) >= 11 is 1.33. The molecule has 0 radical (unpaired) electrons. The van der Waals surface area contributed by atoms with Gasteiger partial charge in [-0.3, -0.25) is 4.79 Å². The Hall–Kier alpha value is -3.08. The summed E-state index contributed by atoms with van der Waals surface area (Å²) in [5.74, 6) is -0.567. The number of rotatable bonds is 7. The molecule has 0 aromatic heterocycles. The molecule has 2 amide bonds. The number of benzene rings is 2. The van der Waals surface area contributed by atoms with Crippen LogP contribution >= 0.6 is 11.8 Å². The number of hydrogen-bond acceptors (Lipinski definition) is 9. The van der Waals surface area contributed by atoms with Gasteiger partial charge in [-0.1, -0.05) is 60.3 Å². The molecule has 2 aliphatic rings. The van der Waals surface area contributed by atoms with Gasteiger partial charge in [-0.25, -0.2) is 14.5 Å². The summed E-state index contributed by atoms with van der Waals surface area (Å²) in [6, 6.07) is 18.1. The highest BCUT2D eigenvalue weighted by molar-refractivity contribution is 7.99. The number of esters is 1. The SMILES string of the molecule is COC(=O)N1C(=O)O[C@H]2[C@H](OC(C)=O)[C@@H](COCc3ccccc3)O[C@H](Sc3ccccc3)[C@@H]21. The van der Waals surface area contributed by atoms with E-state index in [1.165, 1.54) is 25.8 Å². The monoisotopic (exact) mass is 487 g/mol. The van der Waals surface area contributed by atoms with Crippen LogP contribution in [0, 0.1) is 0 Å². The molecule has 9 nitrogen and oxygen atoms in total. The van der Waals surface area contributed by atoms with E-state index in [-0.39, 0.29) is 6.61 Å². The lowest BCUT2D eigenvalue weighted by molar-refractivity contribution is -0.194. The topological polar surface area (TPSA) is 101 Å². The molecule has 5 atom stereocenters. The van der Waals surface area contributed by atoms with Crippen LogP contribution < -0.4 is 0 Å². The summed E-state index contributed by atoms with van der Waals surface area (Å²) in [5.41, 5.74) is 0.259. The molecule has 0 bridgehead atoms. The second-order valence-electron chi connectivity index (χ2n) is 7.73. The number of carbonyl (C=O) groups is 3. The first-order chi connectivity index (χ1) is 16.5. The third kappa shape index (κ3) is 5.35. The van der Waals surface area contributed by atoms with Crippen LogP contribution in [0.4, 0.5) is 9.59 Å². The van der Waals surface area contributed by atoms with Crippen LogP contribution in [0.1, 0.15) is 12.5 Å². The largest absolute Gasteiger partial charge is 0.456 e. The molecule has 2 aromatic carbocycles. The fourth-order valence-electron chi connectivity index (χ4n) is 3.95. The van der Waals surface area contributed by atoms with Crippen molar-refractivity contribution in [1.29, 1.82) is 0 Å². The fraction of sp³-hybridized carbons (Fsp3) is 0.375. The highest BCUT2D eigenvalue weighted by Crippen LogP contribution is 2.41. The average Bonchev–Trinajstić information content (AvgIpc) is 3.19. The van der Waals surface area contributed by atoms with Crippen molar-refractivity contribution in [2.24, 2.45) is 0 Å². The van der Waals surface area contributed by atoms with Gasteiger partial charge >= 0.3 is 18.2 Å². The molecule has 2 heterocycles. The second kappa shape index (κ2) is 10.9. The Balaban J connectivity index is 1.60. The van der Waals surface area contributed by atoms with Crippen molar-refractivity contribution in [3.8, 4) is 0 Å². The predicted octanol–water partition coefficient (Wildman–Crippen LogP) is 3.61. The van der Waals surface area contributed by atoms with Gasteiger partial charge in [0.05, 0.1) is 20.3 Å². The van der Waals surface area contributed by atoms with Crippen molar-refractivity contribution in [2.75, 3.05) is 13.7 Å². The molecule has 0 aliphatic carbocycles. The van der Waals surface area contributed by atoms with Gasteiger partial charge in [0, 0.05) is 11.8 Å². The predicted molar refractivity (Wildman–Crippen MR) is 121 cm³/mol. The van der Waals surface area contributed by atoms with Gasteiger partial charge in [0.15, 0.2) is 12.2 Å². The molecule has 0 unspecified atom stereocenters. The summed E-state index contributed by atoms with van der Waals surface area (Å²) in [7, 11) is 1.18. The maximum Gasteiger partial charge on any atom is 0.420 e. The smallest absolute Gasteiger partial charge is 0.420 e. The minimum absolute atomic E-state index is 0.0810. The standard InChI is InChI=1S/C24H25NO8S/c1-15(26)31-20-18(14-30-13-16-9-5-3-6-10-16)32-22(34-17-11-7-4-8-12-17)19-21(20)33-24(28)25(19)23(27)29-2/h3-12,18-22H,13-14H2,1-2H3/t18-,19-,20-,21-,22-/m1/s1. The number of amides is 2. The van der Waals surface area contributed by atoms with Crippen LogP contribution in [0.5, 0.6) is 0 Å². The summed E-state index contributed by atoms with van der Waals surface area (Å²) in [5, 5.41) is 0. The third-order valence-electron chi connectivity index (χ3n) is 5.41. The third-order valence-corrected chi connectivity index (χ3v) is 6.58. The summed E-state index contributed by atoms with van der Waals surface area (Å²) in [6.07, 6.45) is -4.41. The van der Waals surface area contributed by atoms with E-state index in [1.807, 2.05) is 60.7 Å². The maximum absolute atomic E-state index is 12.6. The van der Waals surface area contributed by atoms with Gasteiger partial charge in [-0.2, -0.15) is 0 Å². The Morgan fingerprint density at radius 2 is 1.74 bits per heavy atom. The lowest BCUT2D eigenvalue weighted by Gasteiger charge is -2.42. The molecule has 0 spiro atoms. The van der Waals surface area contributed by atoms with E-state index in [2.05, 4.69) is 0 Å². The molecule has 4 rings (SSSR count). The molecule has 34 heavy (non-hydrogen) atoms. The summed E-state index contributed by atoms with van der Waals surface area (Å²) in [6.45, 7) is 1.67. The first-order valence-corrected chi connectivity index (χ1v) is 11.6. The Labute approximate surface area is 201 Å². The Morgan fingerprint density at radius 3 is 2.38 bits per heavy atom.